The summed E-state index contributed by atoms with van der Waals surface area (Å²) in [5, 5.41) is 4.34. The molecule has 0 radical (unpaired) electrons. The Morgan fingerprint density at radius 2 is 1.90 bits per heavy atom. The number of hydrogen-bond donors (Lipinski definition) is 1. The van der Waals surface area contributed by atoms with Gasteiger partial charge in [-0.25, -0.2) is 0 Å². The number of benzene rings is 2. The highest BCUT2D eigenvalue weighted by Gasteiger charge is 2.06. The maximum atomic E-state index is 6.23. The molecule has 0 amide bonds. The van der Waals surface area contributed by atoms with Crippen molar-refractivity contribution in [3.8, 4) is 0 Å². The molecule has 0 aliphatic carbocycles. The van der Waals surface area contributed by atoms with Gasteiger partial charge in [-0.1, -0.05) is 54.4 Å². The van der Waals surface area contributed by atoms with Crippen LogP contribution in [0.2, 0.25) is 5.02 Å². The Balaban J connectivity index is 2.06. The van der Waals surface area contributed by atoms with Gasteiger partial charge in [-0.15, -0.1) is 11.8 Å². The lowest BCUT2D eigenvalue weighted by atomic mass is 10.1. The van der Waals surface area contributed by atoms with Crippen LogP contribution < -0.4 is 5.32 Å². The van der Waals surface area contributed by atoms with Crippen molar-refractivity contribution in [2.75, 3.05) is 6.54 Å². The molecule has 2 aromatic carbocycles. The lowest BCUT2D eigenvalue weighted by Gasteiger charge is -2.12. The Bertz CT molecular complexity index is 583. The number of hydrogen-bond acceptors (Lipinski definition) is 2. The lowest BCUT2D eigenvalue weighted by Crippen LogP contribution is -2.14. The van der Waals surface area contributed by atoms with Crippen LogP contribution in [0, 0.1) is 6.92 Å². The molecule has 0 aromatic heterocycles. The quantitative estimate of drug-likeness (QED) is 0.538. The van der Waals surface area contributed by atoms with E-state index >= 15 is 0 Å². The van der Waals surface area contributed by atoms with Crippen molar-refractivity contribution < 1.29 is 0 Å². The van der Waals surface area contributed by atoms with Crippen molar-refractivity contribution in [3.63, 3.8) is 0 Å². The van der Waals surface area contributed by atoms with Crippen LogP contribution in [0.1, 0.15) is 30.0 Å². The molecule has 21 heavy (non-hydrogen) atoms. The second-order valence-electron chi connectivity index (χ2n) is 5.17. The van der Waals surface area contributed by atoms with Gasteiger partial charge in [0.25, 0.3) is 0 Å². The highest BCUT2D eigenvalue weighted by atomic mass is 35.5. The maximum Gasteiger partial charge on any atom is 0.0446 e. The Morgan fingerprint density at radius 3 is 2.67 bits per heavy atom. The fraction of sp³-hybridized carbons (Fsp3) is 0.333. The van der Waals surface area contributed by atoms with Gasteiger partial charge in [-0.3, -0.25) is 0 Å². The molecule has 0 bridgehead atoms. The van der Waals surface area contributed by atoms with Crippen LogP contribution in [-0.2, 0) is 12.3 Å². The minimum Gasteiger partial charge on any atom is -0.313 e. The molecule has 0 aliphatic rings. The first kappa shape index (κ1) is 16.4. The van der Waals surface area contributed by atoms with Gasteiger partial charge in [-0.05, 0) is 43.1 Å². The van der Waals surface area contributed by atoms with Crippen LogP contribution in [0.15, 0.2) is 47.4 Å². The molecule has 0 spiro atoms. The summed E-state index contributed by atoms with van der Waals surface area (Å²) in [6, 6.07) is 14.7. The number of thioether (sulfide) groups is 1. The molecule has 2 rings (SSSR count). The topological polar surface area (TPSA) is 12.0 Å². The normalized spacial score (nSPS) is 10.8. The predicted molar refractivity (Wildman–Crippen MR) is 94.2 cm³/mol. The zero-order chi connectivity index (χ0) is 15.1. The molecule has 0 aliphatic heterocycles. The molecule has 0 saturated carbocycles. The number of aryl methyl sites for hydroxylation is 1. The summed E-state index contributed by atoms with van der Waals surface area (Å²) in [7, 11) is 0. The molecule has 0 atom stereocenters. The molecule has 1 nitrogen and oxygen atoms in total. The van der Waals surface area contributed by atoms with Crippen LogP contribution in [-0.4, -0.2) is 6.54 Å². The van der Waals surface area contributed by atoms with E-state index in [1.807, 2.05) is 30.0 Å². The van der Waals surface area contributed by atoms with Crippen LogP contribution in [0.25, 0.3) is 0 Å². The molecular formula is C18H22ClNS. The van der Waals surface area contributed by atoms with Gasteiger partial charge >= 0.3 is 0 Å². The summed E-state index contributed by atoms with van der Waals surface area (Å²) in [5.74, 6) is 0.906. The Morgan fingerprint density at radius 1 is 1.10 bits per heavy atom. The van der Waals surface area contributed by atoms with Gasteiger partial charge in [0.05, 0.1) is 0 Å². The van der Waals surface area contributed by atoms with E-state index in [9.17, 15) is 0 Å². The fourth-order valence-electron chi connectivity index (χ4n) is 2.16. The van der Waals surface area contributed by atoms with Gasteiger partial charge in [0.15, 0.2) is 0 Å². The summed E-state index contributed by atoms with van der Waals surface area (Å²) in [5.41, 5.74) is 3.88. The standard InChI is InChI=1S/C18H22ClNS/c1-3-10-20-12-16-11-14(2)8-9-18(16)21-13-15-6-4-5-7-17(15)19/h4-9,11,20H,3,10,12-13H2,1-2H3. The average Bonchev–Trinajstić information content (AvgIpc) is 2.48. The van der Waals surface area contributed by atoms with E-state index < -0.39 is 0 Å². The van der Waals surface area contributed by atoms with Gasteiger partial charge in [0.1, 0.15) is 0 Å². The van der Waals surface area contributed by atoms with Crippen molar-refractivity contribution in [1.82, 2.24) is 5.32 Å². The fourth-order valence-corrected chi connectivity index (χ4v) is 3.48. The summed E-state index contributed by atoms with van der Waals surface area (Å²) in [4.78, 5) is 1.34. The van der Waals surface area contributed by atoms with Crippen molar-refractivity contribution >= 4 is 23.4 Å². The maximum absolute atomic E-state index is 6.23. The first-order valence-electron chi connectivity index (χ1n) is 7.37. The third kappa shape index (κ3) is 5.06. The summed E-state index contributed by atoms with van der Waals surface area (Å²) < 4.78 is 0. The van der Waals surface area contributed by atoms with Crippen LogP contribution in [0.4, 0.5) is 0 Å². The third-order valence-electron chi connectivity index (χ3n) is 3.30. The monoisotopic (exact) mass is 319 g/mol. The zero-order valence-electron chi connectivity index (χ0n) is 12.7. The van der Waals surface area contributed by atoms with E-state index in [2.05, 4.69) is 43.4 Å². The van der Waals surface area contributed by atoms with Crippen LogP contribution >= 0.6 is 23.4 Å². The van der Waals surface area contributed by atoms with Gasteiger partial charge in [0, 0.05) is 22.2 Å². The first-order chi connectivity index (χ1) is 10.2. The second-order valence-corrected chi connectivity index (χ2v) is 6.59. The van der Waals surface area contributed by atoms with Crippen molar-refractivity contribution in [2.24, 2.45) is 0 Å². The minimum atomic E-state index is 0.850. The van der Waals surface area contributed by atoms with Gasteiger partial charge in [-0.2, -0.15) is 0 Å². The number of halogens is 1. The average molecular weight is 320 g/mol. The largest absolute Gasteiger partial charge is 0.313 e. The summed E-state index contributed by atoms with van der Waals surface area (Å²) in [6.07, 6.45) is 1.16. The van der Waals surface area contributed by atoms with E-state index in [1.165, 1.54) is 21.6 Å². The third-order valence-corrected chi connectivity index (χ3v) is 4.83. The Hall–Kier alpha value is -0.960. The molecule has 0 saturated heterocycles. The molecule has 112 valence electrons. The molecule has 0 fully saturated rings. The van der Waals surface area contributed by atoms with Gasteiger partial charge < -0.3 is 5.32 Å². The molecule has 0 heterocycles. The van der Waals surface area contributed by atoms with Crippen molar-refractivity contribution in [1.29, 1.82) is 0 Å². The number of nitrogens with one attached hydrogen (secondary N) is 1. The lowest BCUT2D eigenvalue weighted by molar-refractivity contribution is 0.669. The Kier molecular flexibility index (Phi) is 6.62. The van der Waals surface area contributed by atoms with E-state index in [0.29, 0.717) is 0 Å². The molecule has 0 unspecified atom stereocenters. The smallest absolute Gasteiger partial charge is 0.0446 e. The predicted octanol–water partition coefficient (Wildman–Crippen LogP) is 5.44. The van der Waals surface area contributed by atoms with Crippen molar-refractivity contribution in [3.05, 3.63) is 64.2 Å². The molecular weight excluding hydrogens is 298 g/mol. The molecule has 3 heteroatoms. The summed E-state index contributed by atoms with van der Waals surface area (Å²) >= 11 is 8.09. The van der Waals surface area contributed by atoms with Crippen LogP contribution in [0.5, 0.6) is 0 Å². The van der Waals surface area contributed by atoms with E-state index in [1.54, 1.807) is 0 Å². The SMILES string of the molecule is CCCNCc1cc(C)ccc1SCc1ccccc1Cl. The molecule has 2 aromatic rings. The van der Waals surface area contributed by atoms with E-state index in [0.717, 1.165) is 30.3 Å². The van der Waals surface area contributed by atoms with Crippen molar-refractivity contribution in [2.45, 2.75) is 37.5 Å². The number of rotatable bonds is 7. The van der Waals surface area contributed by atoms with E-state index in [-0.39, 0.29) is 0 Å². The van der Waals surface area contributed by atoms with Crippen LogP contribution in [0.3, 0.4) is 0 Å². The van der Waals surface area contributed by atoms with Gasteiger partial charge in [0.2, 0.25) is 0 Å². The Labute approximate surface area is 137 Å². The second kappa shape index (κ2) is 8.47. The first-order valence-corrected chi connectivity index (χ1v) is 8.73. The van der Waals surface area contributed by atoms with E-state index in [4.69, 9.17) is 11.6 Å². The minimum absolute atomic E-state index is 0.850. The highest BCUT2D eigenvalue weighted by molar-refractivity contribution is 7.98. The summed E-state index contributed by atoms with van der Waals surface area (Å²) in [6.45, 7) is 6.32. The molecule has 1 N–H and O–H groups in total. The highest BCUT2D eigenvalue weighted by Crippen LogP contribution is 2.29. The zero-order valence-corrected chi connectivity index (χ0v) is 14.2.